The first-order valence-corrected chi connectivity index (χ1v) is 7.55. The van der Waals surface area contributed by atoms with Crippen LogP contribution in [0.3, 0.4) is 0 Å². The molecule has 1 heterocycles. The van der Waals surface area contributed by atoms with Crippen molar-refractivity contribution in [3.05, 3.63) is 53.3 Å². The van der Waals surface area contributed by atoms with Crippen molar-refractivity contribution < 1.29 is 0 Å². The molecule has 0 aliphatic heterocycles. The van der Waals surface area contributed by atoms with Crippen LogP contribution in [0.4, 0.5) is 0 Å². The third kappa shape index (κ3) is 2.63. The van der Waals surface area contributed by atoms with Crippen molar-refractivity contribution in [1.29, 1.82) is 0 Å². The molecular formula is C17H23N3. The summed E-state index contributed by atoms with van der Waals surface area (Å²) in [6.45, 7) is 4.42. The first-order valence-electron chi connectivity index (χ1n) is 7.55. The van der Waals surface area contributed by atoms with E-state index in [0.717, 1.165) is 13.1 Å². The van der Waals surface area contributed by atoms with Crippen molar-refractivity contribution in [3.8, 4) is 0 Å². The van der Waals surface area contributed by atoms with Crippen LogP contribution in [0.15, 0.2) is 36.5 Å². The zero-order chi connectivity index (χ0) is 13.9. The summed E-state index contributed by atoms with van der Waals surface area (Å²) in [5.74, 6) is 0. The monoisotopic (exact) mass is 269 g/mol. The summed E-state index contributed by atoms with van der Waals surface area (Å²) in [4.78, 5) is 2.62. The average molecular weight is 269 g/mol. The number of nitrogens with zero attached hydrogens (tertiary/aromatic N) is 3. The summed E-state index contributed by atoms with van der Waals surface area (Å²) in [7, 11) is 2.03. The molecule has 0 fully saturated rings. The molecule has 3 nitrogen and oxygen atoms in total. The van der Waals surface area contributed by atoms with Gasteiger partial charge in [0.25, 0.3) is 0 Å². The molecule has 0 spiro atoms. The van der Waals surface area contributed by atoms with Crippen molar-refractivity contribution in [2.45, 2.75) is 38.8 Å². The van der Waals surface area contributed by atoms with Gasteiger partial charge in [-0.2, -0.15) is 5.10 Å². The lowest BCUT2D eigenvalue weighted by Crippen LogP contribution is -2.36. The maximum absolute atomic E-state index is 4.29. The molecule has 0 N–H and O–H groups in total. The Morgan fingerprint density at radius 3 is 2.45 bits per heavy atom. The highest BCUT2D eigenvalue weighted by Crippen LogP contribution is 2.26. The summed E-state index contributed by atoms with van der Waals surface area (Å²) in [6, 6.07) is 11.7. The highest BCUT2D eigenvalue weighted by Gasteiger charge is 2.26. The second-order valence-corrected chi connectivity index (χ2v) is 5.75. The Hall–Kier alpha value is -1.61. The molecule has 2 aromatic rings. The van der Waals surface area contributed by atoms with E-state index in [1.165, 1.54) is 36.1 Å². The van der Waals surface area contributed by atoms with Crippen molar-refractivity contribution in [3.63, 3.8) is 0 Å². The molecule has 0 saturated heterocycles. The van der Waals surface area contributed by atoms with Crippen LogP contribution in [0.5, 0.6) is 0 Å². The predicted molar refractivity (Wildman–Crippen MR) is 81.5 cm³/mol. The summed E-state index contributed by atoms with van der Waals surface area (Å²) in [6.07, 6.45) is 5.47. The molecule has 0 unspecified atom stereocenters. The van der Waals surface area contributed by atoms with Crippen LogP contribution in [-0.2, 0) is 26.4 Å². The van der Waals surface area contributed by atoms with Gasteiger partial charge in [0.05, 0.1) is 5.69 Å². The Labute approximate surface area is 121 Å². The maximum atomic E-state index is 4.29. The minimum absolute atomic E-state index is 0.641. The van der Waals surface area contributed by atoms with E-state index in [1.807, 2.05) is 17.9 Å². The molecule has 0 bridgehead atoms. The topological polar surface area (TPSA) is 21.1 Å². The number of rotatable bonds is 5. The molecule has 0 atom stereocenters. The number of aryl methyl sites for hydroxylation is 1. The number of hydrogen-bond donors (Lipinski definition) is 0. The normalized spacial score (nSPS) is 14.9. The van der Waals surface area contributed by atoms with E-state index >= 15 is 0 Å². The van der Waals surface area contributed by atoms with Crippen LogP contribution in [0.25, 0.3) is 0 Å². The zero-order valence-electron chi connectivity index (χ0n) is 12.4. The van der Waals surface area contributed by atoms with Crippen molar-refractivity contribution in [1.82, 2.24) is 14.7 Å². The van der Waals surface area contributed by atoms with Crippen LogP contribution in [0.1, 0.15) is 30.2 Å². The third-order valence-electron chi connectivity index (χ3n) is 4.34. The van der Waals surface area contributed by atoms with Crippen LogP contribution >= 0.6 is 0 Å². The Bertz CT molecular complexity index is 548. The highest BCUT2D eigenvalue weighted by atomic mass is 15.3. The number of aromatic nitrogens is 2. The fourth-order valence-electron chi connectivity index (χ4n) is 3.24. The zero-order valence-corrected chi connectivity index (χ0v) is 12.4. The van der Waals surface area contributed by atoms with Crippen molar-refractivity contribution in [2.24, 2.45) is 7.05 Å². The van der Waals surface area contributed by atoms with E-state index in [9.17, 15) is 0 Å². The van der Waals surface area contributed by atoms with E-state index in [1.54, 1.807) is 0 Å². The quantitative estimate of drug-likeness (QED) is 0.832. The molecule has 3 rings (SSSR count). The Morgan fingerprint density at radius 2 is 1.90 bits per heavy atom. The van der Waals surface area contributed by atoms with E-state index in [4.69, 9.17) is 0 Å². The standard InChI is InChI=1S/C17H23N3/c1-3-10-20(13-16-8-9-18-19(16)2)17-11-14-6-4-5-7-15(14)12-17/h4-9,17H,3,10-13H2,1-2H3. The van der Waals surface area contributed by atoms with Crippen LogP contribution in [-0.4, -0.2) is 27.3 Å². The molecule has 3 heteroatoms. The largest absolute Gasteiger partial charge is 0.294 e. The molecule has 1 aliphatic carbocycles. The predicted octanol–water partition coefficient (Wildman–Crippen LogP) is 2.80. The van der Waals surface area contributed by atoms with Gasteiger partial charge in [0.15, 0.2) is 0 Å². The molecule has 1 aromatic carbocycles. The van der Waals surface area contributed by atoms with E-state index in [2.05, 4.69) is 47.3 Å². The van der Waals surface area contributed by atoms with Gasteiger partial charge in [0.1, 0.15) is 0 Å². The molecule has 1 aliphatic rings. The lowest BCUT2D eigenvalue weighted by atomic mass is 10.1. The van der Waals surface area contributed by atoms with Gasteiger partial charge in [-0.1, -0.05) is 31.2 Å². The minimum atomic E-state index is 0.641. The van der Waals surface area contributed by atoms with E-state index in [0.29, 0.717) is 6.04 Å². The Morgan fingerprint density at radius 1 is 1.20 bits per heavy atom. The smallest absolute Gasteiger partial charge is 0.0521 e. The fourth-order valence-corrected chi connectivity index (χ4v) is 3.24. The lowest BCUT2D eigenvalue weighted by Gasteiger charge is -2.28. The molecular weight excluding hydrogens is 246 g/mol. The van der Waals surface area contributed by atoms with Gasteiger partial charge >= 0.3 is 0 Å². The fraction of sp³-hybridized carbons (Fsp3) is 0.471. The Balaban J connectivity index is 1.74. The highest BCUT2D eigenvalue weighted by molar-refractivity contribution is 5.33. The molecule has 20 heavy (non-hydrogen) atoms. The molecule has 0 radical (unpaired) electrons. The van der Waals surface area contributed by atoms with Crippen LogP contribution in [0, 0.1) is 0 Å². The van der Waals surface area contributed by atoms with Crippen molar-refractivity contribution >= 4 is 0 Å². The summed E-state index contributed by atoms with van der Waals surface area (Å²) in [5, 5.41) is 4.29. The van der Waals surface area contributed by atoms with Crippen molar-refractivity contribution in [2.75, 3.05) is 6.54 Å². The van der Waals surface area contributed by atoms with Gasteiger partial charge in [-0.3, -0.25) is 9.58 Å². The number of benzene rings is 1. The maximum Gasteiger partial charge on any atom is 0.0521 e. The minimum Gasteiger partial charge on any atom is -0.294 e. The first-order chi connectivity index (χ1) is 9.78. The first kappa shape index (κ1) is 13.4. The summed E-state index contributed by atoms with van der Waals surface area (Å²) in [5.41, 5.74) is 4.36. The van der Waals surface area contributed by atoms with Gasteiger partial charge in [0.2, 0.25) is 0 Å². The molecule has 0 amide bonds. The summed E-state index contributed by atoms with van der Waals surface area (Å²) >= 11 is 0. The van der Waals surface area contributed by atoms with Gasteiger partial charge in [-0.05, 0) is 43.0 Å². The summed E-state index contributed by atoms with van der Waals surface area (Å²) < 4.78 is 1.99. The second-order valence-electron chi connectivity index (χ2n) is 5.75. The third-order valence-corrected chi connectivity index (χ3v) is 4.34. The SMILES string of the molecule is CCCN(Cc1ccnn1C)C1Cc2ccccc2C1. The average Bonchev–Trinajstić information content (AvgIpc) is 3.04. The number of hydrogen-bond acceptors (Lipinski definition) is 2. The van der Waals surface area contributed by atoms with E-state index < -0.39 is 0 Å². The van der Waals surface area contributed by atoms with Crippen LogP contribution in [0.2, 0.25) is 0 Å². The van der Waals surface area contributed by atoms with E-state index in [-0.39, 0.29) is 0 Å². The molecule has 106 valence electrons. The second kappa shape index (κ2) is 5.80. The number of fused-ring (bicyclic) bond motifs is 1. The van der Waals surface area contributed by atoms with Gasteiger partial charge in [-0.25, -0.2) is 0 Å². The Kier molecular flexibility index (Phi) is 3.88. The van der Waals surface area contributed by atoms with Gasteiger partial charge in [0, 0.05) is 25.8 Å². The van der Waals surface area contributed by atoms with Gasteiger partial charge in [-0.15, -0.1) is 0 Å². The lowest BCUT2D eigenvalue weighted by molar-refractivity contribution is 0.188. The van der Waals surface area contributed by atoms with Crippen LogP contribution < -0.4 is 0 Å². The van der Waals surface area contributed by atoms with Gasteiger partial charge < -0.3 is 0 Å². The molecule has 1 aromatic heterocycles. The molecule has 0 saturated carbocycles.